The van der Waals surface area contributed by atoms with Crippen LogP contribution in [-0.2, 0) is 0 Å². The van der Waals surface area contributed by atoms with Gasteiger partial charge in [0.1, 0.15) is 6.33 Å². The van der Waals surface area contributed by atoms with Crippen molar-refractivity contribution in [1.29, 1.82) is 0 Å². The van der Waals surface area contributed by atoms with Gasteiger partial charge in [-0.15, -0.1) is 0 Å². The number of nitrogens with zero attached hydrogens (tertiary/aromatic N) is 2. The molecule has 0 spiro atoms. The van der Waals surface area contributed by atoms with E-state index in [2.05, 4.69) is 9.97 Å². The number of aryl methyl sites for hydroxylation is 1. The Kier molecular flexibility index (Phi) is 2.48. The van der Waals surface area contributed by atoms with E-state index in [1.165, 1.54) is 6.33 Å². The number of aliphatic hydroxyl groups excluding tert-OH is 1. The lowest BCUT2D eigenvalue weighted by molar-refractivity contribution is 0.122. The first kappa shape index (κ1) is 9.55. The molecule has 14 heavy (non-hydrogen) atoms. The minimum atomic E-state index is -0.445. The fraction of sp³-hybridized carbons (Fsp3) is 0.600. The molecule has 3 N–H and O–H groups in total. The first-order valence-electron chi connectivity index (χ1n) is 4.90. The zero-order valence-electron chi connectivity index (χ0n) is 8.22. The molecule has 1 aromatic rings. The van der Waals surface area contributed by atoms with E-state index >= 15 is 0 Å². The van der Waals surface area contributed by atoms with E-state index in [4.69, 9.17) is 5.73 Å². The fourth-order valence-corrected chi connectivity index (χ4v) is 1.64. The molecule has 2 unspecified atom stereocenters. The molecular weight excluding hydrogens is 178 g/mol. The summed E-state index contributed by atoms with van der Waals surface area (Å²) in [6.07, 6.45) is 4.91. The van der Waals surface area contributed by atoms with Gasteiger partial charge < -0.3 is 10.8 Å². The van der Waals surface area contributed by atoms with Gasteiger partial charge >= 0.3 is 0 Å². The van der Waals surface area contributed by atoms with Crippen LogP contribution in [0.25, 0.3) is 0 Å². The topological polar surface area (TPSA) is 72.0 Å². The van der Waals surface area contributed by atoms with Crippen molar-refractivity contribution in [3.63, 3.8) is 0 Å². The molecule has 4 nitrogen and oxygen atoms in total. The second-order valence-electron chi connectivity index (χ2n) is 3.92. The number of aromatic nitrogens is 2. The Morgan fingerprint density at radius 2 is 2.29 bits per heavy atom. The molecule has 1 heterocycles. The van der Waals surface area contributed by atoms with Gasteiger partial charge in [0.05, 0.1) is 12.1 Å². The van der Waals surface area contributed by atoms with Crippen molar-refractivity contribution in [3.05, 3.63) is 23.8 Å². The molecule has 2 atom stereocenters. The summed E-state index contributed by atoms with van der Waals surface area (Å²) in [4.78, 5) is 7.99. The Labute approximate surface area is 83.2 Å². The molecule has 76 valence electrons. The van der Waals surface area contributed by atoms with Crippen LogP contribution in [0, 0.1) is 12.8 Å². The zero-order chi connectivity index (χ0) is 10.1. The highest BCUT2D eigenvalue weighted by Gasteiger charge is 2.34. The average molecular weight is 193 g/mol. The molecule has 0 saturated heterocycles. The molecule has 4 heteroatoms. The SMILES string of the molecule is Cc1ncncc1C(N)C(O)C1CC1. The summed E-state index contributed by atoms with van der Waals surface area (Å²) in [5, 5.41) is 9.85. The highest BCUT2D eigenvalue weighted by atomic mass is 16.3. The van der Waals surface area contributed by atoms with Crippen LogP contribution in [0.5, 0.6) is 0 Å². The lowest BCUT2D eigenvalue weighted by Crippen LogP contribution is -2.28. The molecule has 0 aliphatic heterocycles. The standard InChI is InChI=1S/C10H15N3O/c1-6-8(4-12-5-13-6)9(11)10(14)7-2-3-7/h4-5,7,9-10,14H,2-3,11H2,1H3. The third-order valence-electron chi connectivity index (χ3n) is 2.78. The van der Waals surface area contributed by atoms with Gasteiger partial charge in [-0.3, -0.25) is 0 Å². The summed E-state index contributed by atoms with van der Waals surface area (Å²) in [6, 6.07) is -0.344. The van der Waals surface area contributed by atoms with Crippen LogP contribution in [0.4, 0.5) is 0 Å². The molecule has 2 rings (SSSR count). The van der Waals surface area contributed by atoms with Gasteiger partial charge in [-0.05, 0) is 25.7 Å². The largest absolute Gasteiger partial charge is 0.391 e. The Hall–Kier alpha value is -1.00. The monoisotopic (exact) mass is 193 g/mol. The van der Waals surface area contributed by atoms with Crippen molar-refractivity contribution in [1.82, 2.24) is 9.97 Å². The van der Waals surface area contributed by atoms with Gasteiger partial charge in [0.2, 0.25) is 0 Å². The number of nitrogens with two attached hydrogens (primary N) is 1. The maximum atomic E-state index is 9.85. The van der Waals surface area contributed by atoms with E-state index in [0.29, 0.717) is 5.92 Å². The summed E-state index contributed by atoms with van der Waals surface area (Å²) in [5.74, 6) is 0.379. The van der Waals surface area contributed by atoms with Gasteiger partial charge in [0, 0.05) is 17.5 Å². The Morgan fingerprint density at radius 3 is 2.86 bits per heavy atom. The van der Waals surface area contributed by atoms with E-state index in [9.17, 15) is 5.11 Å². The molecule has 0 amide bonds. The van der Waals surface area contributed by atoms with Crippen LogP contribution < -0.4 is 5.73 Å². The molecule has 1 aliphatic carbocycles. The van der Waals surface area contributed by atoms with Gasteiger partial charge in [-0.1, -0.05) is 0 Å². The molecule has 1 fully saturated rings. The van der Waals surface area contributed by atoms with E-state index < -0.39 is 6.10 Å². The molecule has 0 aromatic carbocycles. The predicted molar refractivity (Wildman–Crippen MR) is 52.4 cm³/mol. The molecule has 1 aliphatic rings. The fourth-order valence-electron chi connectivity index (χ4n) is 1.64. The van der Waals surface area contributed by atoms with Crippen molar-refractivity contribution in [2.75, 3.05) is 0 Å². The van der Waals surface area contributed by atoms with Crippen LogP contribution in [0.3, 0.4) is 0 Å². The number of aliphatic hydroxyl groups is 1. The smallest absolute Gasteiger partial charge is 0.115 e. The van der Waals surface area contributed by atoms with Crippen molar-refractivity contribution in [2.45, 2.75) is 31.9 Å². The lowest BCUT2D eigenvalue weighted by Gasteiger charge is -2.19. The highest BCUT2D eigenvalue weighted by Crippen LogP contribution is 2.37. The first-order chi connectivity index (χ1) is 6.70. The van der Waals surface area contributed by atoms with Crippen LogP contribution in [0.15, 0.2) is 12.5 Å². The second kappa shape index (κ2) is 3.63. The summed E-state index contributed by atoms with van der Waals surface area (Å²) in [6.45, 7) is 1.89. The van der Waals surface area contributed by atoms with Gasteiger partial charge in [0.25, 0.3) is 0 Å². The van der Waals surface area contributed by atoms with Gasteiger partial charge in [-0.25, -0.2) is 9.97 Å². The number of hydrogen-bond acceptors (Lipinski definition) is 4. The Balaban J connectivity index is 2.17. The van der Waals surface area contributed by atoms with E-state index in [-0.39, 0.29) is 6.04 Å². The molecule has 1 aromatic heterocycles. The first-order valence-corrected chi connectivity index (χ1v) is 4.90. The summed E-state index contributed by atoms with van der Waals surface area (Å²) in [7, 11) is 0. The quantitative estimate of drug-likeness (QED) is 0.735. The predicted octanol–water partition coefficient (Wildman–Crippen LogP) is 0.556. The van der Waals surface area contributed by atoms with E-state index in [1.807, 2.05) is 6.92 Å². The van der Waals surface area contributed by atoms with Crippen molar-refractivity contribution < 1.29 is 5.11 Å². The van der Waals surface area contributed by atoms with E-state index in [1.54, 1.807) is 6.20 Å². The van der Waals surface area contributed by atoms with Crippen LogP contribution in [-0.4, -0.2) is 21.2 Å². The molecule has 0 bridgehead atoms. The van der Waals surface area contributed by atoms with Crippen LogP contribution in [0.2, 0.25) is 0 Å². The summed E-state index contributed by atoms with van der Waals surface area (Å²) >= 11 is 0. The van der Waals surface area contributed by atoms with Crippen LogP contribution >= 0.6 is 0 Å². The second-order valence-corrected chi connectivity index (χ2v) is 3.92. The van der Waals surface area contributed by atoms with Crippen molar-refractivity contribution in [2.24, 2.45) is 11.7 Å². The highest BCUT2D eigenvalue weighted by molar-refractivity contribution is 5.20. The van der Waals surface area contributed by atoms with Gasteiger partial charge in [0.15, 0.2) is 0 Å². The van der Waals surface area contributed by atoms with Gasteiger partial charge in [-0.2, -0.15) is 0 Å². The third-order valence-corrected chi connectivity index (χ3v) is 2.78. The van der Waals surface area contributed by atoms with Crippen molar-refractivity contribution in [3.8, 4) is 0 Å². The van der Waals surface area contributed by atoms with Crippen LogP contribution in [0.1, 0.15) is 30.1 Å². The number of hydrogen-bond donors (Lipinski definition) is 2. The Bertz CT molecular complexity index is 325. The zero-order valence-corrected chi connectivity index (χ0v) is 8.22. The summed E-state index contributed by atoms with van der Waals surface area (Å²) < 4.78 is 0. The lowest BCUT2D eigenvalue weighted by atomic mass is 9.99. The maximum absolute atomic E-state index is 9.85. The molecular formula is C10H15N3O. The average Bonchev–Trinajstić information content (AvgIpc) is 3.00. The Morgan fingerprint density at radius 1 is 1.57 bits per heavy atom. The minimum absolute atomic E-state index is 0.344. The normalized spacial score (nSPS) is 20.5. The molecule has 0 radical (unpaired) electrons. The van der Waals surface area contributed by atoms with E-state index in [0.717, 1.165) is 24.1 Å². The third kappa shape index (κ3) is 1.76. The minimum Gasteiger partial charge on any atom is -0.391 e. The van der Waals surface area contributed by atoms with Crippen molar-refractivity contribution >= 4 is 0 Å². The summed E-state index contributed by atoms with van der Waals surface area (Å²) in [5.41, 5.74) is 7.66. The molecule has 1 saturated carbocycles. The number of rotatable bonds is 3. The maximum Gasteiger partial charge on any atom is 0.115 e.